The van der Waals surface area contributed by atoms with Crippen LogP contribution in [0.2, 0.25) is 0 Å². The molecule has 0 rings (SSSR count). The monoisotopic (exact) mass is 176 g/mol. The molecule has 0 atom stereocenters. The largest absolute Gasteiger partial charge is 0.476 e. The molecule has 0 aliphatic rings. The zero-order valence-corrected chi connectivity index (χ0v) is 7.78. The third-order valence-electron chi connectivity index (χ3n) is 1.23. The molecule has 0 amide bonds. The standard InChI is InChI=1S/C8H16O4/c1-9-7-12-6-4-5-8(10-2)11-3/h4,6,8H,5,7H2,1-3H3. The van der Waals surface area contributed by atoms with Crippen LogP contribution in [-0.4, -0.2) is 34.4 Å². The maximum absolute atomic E-state index is 4.95. The highest BCUT2D eigenvalue weighted by molar-refractivity contribution is 4.74. The molecule has 0 aliphatic heterocycles. The molecule has 0 aromatic heterocycles. The first kappa shape index (κ1) is 11.4. The molecule has 0 bridgehead atoms. The summed E-state index contributed by atoms with van der Waals surface area (Å²) in [6.07, 6.45) is 3.84. The van der Waals surface area contributed by atoms with Crippen molar-refractivity contribution >= 4 is 0 Å². The molecule has 0 fully saturated rings. The molecule has 0 unspecified atom stereocenters. The summed E-state index contributed by atoms with van der Waals surface area (Å²) in [4.78, 5) is 0. The van der Waals surface area contributed by atoms with E-state index in [0.29, 0.717) is 6.42 Å². The Hall–Kier alpha value is -0.580. The van der Waals surface area contributed by atoms with Gasteiger partial charge in [-0.15, -0.1) is 0 Å². The van der Waals surface area contributed by atoms with Gasteiger partial charge in [0, 0.05) is 27.8 Å². The Labute approximate surface area is 73.1 Å². The van der Waals surface area contributed by atoms with Crippen molar-refractivity contribution in [2.75, 3.05) is 28.1 Å². The van der Waals surface area contributed by atoms with Crippen LogP contribution in [0.3, 0.4) is 0 Å². The molecular formula is C8H16O4. The van der Waals surface area contributed by atoms with Crippen LogP contribution in [0.15, 0.2) is 12.3 Å². The maximum atomic E-state index is 4.95. The van der Waals surface area contributed by atoms with E-state index in [-0.39, 0.29) is 13.1 Å². The van der Waals surface area contributed by atoms with Gasteiger partial charge in [-0.1, -0.05) is 0 Å². The quantitative estimate of drug-likeness (QED) is 0.331. The van der Waals surface area contributed by atoms with Crippen LogP contribution in [0.25, 0.3) is 0 Å². The van der Waals surface area contributed by atoms with E-state index >= 15 is 0 Å². The van der Waals surface area contributed by atoms with Crippen molar-refractivity contribution in [2.24, 2.45) is 0 Å². The highest BCUT2D eigenvalue weighted by Gasteiger charge is 1.99. The molecule has 0 heterocycles. The molecule has 0 N–H and O–H groups in total. The lowest BCUT2D eigenvalue weighted by Gasteiger charge is -2.09. The third kappa shape index (κ3) is 6.15. The smallest absolute Gasteiger partial charge is 0.187 e. The summed E-state index contributed by atoms with van der Waals surface area (Å²) in [5, 5.41) is 0. The second-order valence-corrected chi connectivity index (χ2v) is 2.08. The Morgan fingerprint density at radius 1 is 1.17 bits per heavy atom. The van der Waals surface area contributed by atoms with Gasteiger partial charge < -0.3 is 18.9 Å². The van der Waals surface area contributed by atoms with Crippen LogP contribution in [0.1, 0.15) is 6.42 Å². The molecule has 4 nitrogen and oxygen atoms in total. The number of methoxy groups -OCH3 is 3. The van der Waals surface area contributed by atoms with Gasteiger partial charge in [0.25, 0.3) is 0 Å². The fraction of sp³-hybridized carbons (Fsp3) is 0.750. The molecule has 0 saturated carbocycles. The maximum Gasteiger partial charge on any atom is 0.187 e. The summed E-state index contributed by atoms with van der Waals surface area (Å²) < 4.78 is 19.5. The lowest BCUT2D eigenvalue weighted by atomic mass is 10.4. The molecule has 4 heteroatoms. The van der Waals surface area contributed by atoms with Crippen molar-refractivity contribution in [3.63, 3.8) is 0 Å². The Kier molecular flexibility index (Phi) is 8.10. The normalized spacial score (nSPS) is 11.3. The summed E-state index contributed by atoms with van der Waals surface area (Å²) in [5.41, 5.74) is 0. The minimum atomic E-state index is -0.201. The zero-order valence-electron chi connectivity index (χ0n) is 7.78. The number of hydrogen-bond donors (Lipinski definition) is 0. The van der Waals surface area contributed by atoms with Gasteiger partial charge >= 0.3 is 0 Å². The van der Waals surface area contributed by atoms with Gasteiger partial charge in [0.05, 0.1) is 6.26 Å². The van der Waals surface area contributed by atoms with Crippen LogP contribution in [0.5, 0.6) is 0 Å². The molecule has 0 aromatic rings. The van der Waals surface area contributed by atoms with Crippen LogP contribution in [-0.2, 0) is 18.9 Å². The fourth-order valence-electron chi connectivity index (χ4n) is 0.631. The van der Waals surface area contributed by atoms with Gasteiger partial charge in [-0.2, -0.15) is 0 Å². The second kappa shape index (κ2) is 8.52. The summed E-state index contributed by atoms with van der Waals surface area (Å²) in [7, 11) is 4.76. The van der Waals surface area contributed by atoms with Gasteiger partial charge in [-0.05, 0) is 6.08 Å². The Bertz CT molecular complexity index is 110. The summed E-state index contributed by atoms with van der Waals surface area (Å²) in [6, 6.07) is 0. The topological polar surface area (TPSA) is 36.9 Å². The summed E-state index contributed by atoms with van der Waals surface area (Å²) in [5.74, 6) is 0. The second-order valence-electron chi connectivity index (χ2n) is 2.08. The van der Waals surface area contributed by atoms with Gasteiger partial charge in [-0.3, -0.25) is 0 Å². The van der Waals surface area contributed by atoms with Crippen LogP contribution in [0, 0.1) is 0 Å². The summed E-state index contributed by atoms with van der Waals surface area (Å²) in [6.45, 7) is 0.265. The number of rotatable bonds is 7. The average Bonchev–Trinajstić information content (AvgIpc) is 2.11. The van der Waals surface area contributed by atoms with Crippen LogP contribution in [0.4, 0.5) is 0 Å². The SMILES string of the molecule is COCOC=CCC(OC)OC. The predicted molar refractivity (Wildman–Crippen MR) is 44.5 cm³/mol. The number of ether oxygens (including phenoxy) is 4. The first-order valence-corrected chi connectivity index (χ1v) is 3.66. The van der Waals surface area contributed by atoms with E-state index in [0.717, 1.165) is 0 Å². The zero-order chi connectivity index (χ0) is 9.23. The first-order chi connectivity index (χ1) is 5.85. The summed E-state index contributed by atoms with van der Waals surface area (Å²) >= 11 is 0. The van der Waals surface area contributed by atoms with Gasteiger partial charge in [0.15, 0.2) is 13.1 Å². The van der Waals surface area contributed by atoms with Crippen molar-refractivity contribution in [3.8, 4) is 0 Å². The lowest BCUT2D eigenvalue weighted by molar-refractivity contribution is -0.0990. The van der Waals surface area contributed by atoms with Gasteiger partial charge in [0.2, 0.25) is 0 Å². The van der Waals surface area contributed by atoms with E-state index in [4.69, 9.17) is 14.2 Å². The molecule has 12 heavy (non-hydrogen) atoms. The third-order valence-corrected chi connectivity index (χ3v) is 1.23. The molecule has 0 spiro atoms. The van der Waals surface area contributed by atoms with E-state index in [2.05, 4.69) is 4.74 Å². The van der Waals surface area contributed by atoms with Crippen molar-refractivity contribution < 1.29 is 18.9 Å². The highest BCUT2D eigenvalue weighted by Crippen LogP contribution is 1.98. The van der Waals surface area contributed by atoms with E-state index < -0.39 is 0 Å². The van der Waals surface area contributed by atoms with Crippen LogP contribution < -0.4 is 0 Å². The Morgan fingerprint density at radius 3 is 2.33 bits per heavy atom. The fourth-order valence-corrected chi connectivity index (χ4v) is 0.631. The van der Waals surface area contributed by atoms with Crippen LogP contribution >= 0.6 is 0 Å². The Balaban J connectivity index is 3.31. The molecule has 0 aliphatic carbocycles. The van der Waals surface area contributed by atoms with E-state index in [9.17, 15) is 0 Å². The minimum absolute atomic E-state index is 0.201. The Morgan fingerprint density at radius 2 is 1.83 bits per heavy atom. The van der Waals surface area contributed by atoms with Crippen molar-refractivity contribution in [1.29, 1.82) is 0 Å². The van der Waals surface area contributed by atoms with E-state index in [1.165, 1.54) is 0 Å². The molecule has 72 valence electrons. The first-order valence-electron chi connectivity index (χ1n) is 3.66. The van der Waals surface area contributed by atoms with Crippen molar-refractivity contribution in [3.05, 3.63) is 12.3 Å². The van der Waals surface area contributed by atoms with E-state index in [1.807, 2.05) is 6.08 Å². The van der Waals surface area contributed by atoms with Gasteiger partial charge in [-0.25, -0.2) is 0 Å². The average molecular weight is 176 g/mol. The molecule has 0 saturated heterocycles. The molecule has 0 aromatic carbocycles. The molecular weight excluding hydrogens is 160 g/mol. The van der Waals surface area contributed by atoms with Crippen molar-refractivity contribution in [1.82, 2.24) is 0 Å². The van der Waals surface area contributed by atoms with Gasteiger partial charge in [0.1, 0.15) is 0 Å². The lowest BCUT2D eigenvalue weighted by Crippen LogP contribution is -2.11. The minimum Gasteiger partial charge on any atom is -0.476 e. The highest BCUT2D eigenvalue weighted by atomic mass is 16.7. The predicted octanol–water partition coefficient (Wildman–Crippen LogP) is 1.13. The van der Waals surface area contributed by atoms with Crippen molar-refractivity contribution in [2.45, 2.75) is 12.7 Å². The number of hydrogen-bond acceptors (Lipinski definition) is 4. The molecule has 0 radical (unpaired) electrons. The van der Waals surface area contributed by atoms with E-state index in [1.54, 1.807) is 27.6 Å².